The van der Waals surface area contributed by atoms with Crippen LogP contribution < -0.4 is 11.2 Å². The highest BCUT2D eigenvalue weighted by molar-refractivity contribution is 7.98. The Morgan fingerprint density at radius 1 is 1.29 bits per heavy atom. The van der Waals surface area contributed by atoms with Crippen molar-refractivity contribution in [3.05, 3.63) is 37.1 Å². The van der Waals surface area contributed by atoms with E-state index in [0.717, 1.165) is 28.1 Å². The maximum absolute atomic E-state index is 12.3. The maximum Gasteiger partial charge on any atom is 0.343 e. The van der Waals surface area contributed by atoms with E-state index in [1.165, 1.54) is 23.1 Å². The van der Waals surface area contributed by atoms with Gasteiger partial charge in [-0.25, -0.2) is 14.9 Å². The van der Waals surface area contributed by atoms with E-state index in [2.05, 4.69) is 27.1 Å². The predicted molar refractivity (Wildman–Crippen MR) is 97.0 cm³/mol. The third-order valence-corrected chi connectivity index (χ3v) is 5.97. The zero-order valence-electron chi connectivity index (χ0n) is 13.8. The molecule has 7 nitrogen and oxygen atoms in total. The minimum atomic E-state index is -0.202. The Bertz CT molecular complexity index is 982. The van der Waals surface area contributed by atoms with Gasteiger partial charge in [-0.3, -0.25) is 9.36 Å². The van der Waals surface area contributed by atoms with Crippen molar-refractivity contribution < 1.29 is 0 Å². The van der Waals surface area contributed by atoms with Crippen LogP contribution in [0.3, 0.4) is 0 Å². The average molecular weight is 365 g/mol. The van der Waals surface area contributed by atoms with Crippen LogP contribution in [0.5, 0.6) is 0 Å². The number of aryl methyl sites for hydroxylation is 2. The Balaban J connectivity index is 1.84. The summed E-state index contributed by atoms with van der Waals surface area (Å²) in [5.41, 5.74) is 0.680. The third-order valence-electron chi connectivity index (χ3n) is 3.88. The molecule has 0 saturated carbocycles. The SMILES string of the molecule is CCCCn1c(SCc2nc3sc(C)c(C)c3c(=O)[nH]2)n[nH]c1=O. The molecule has 128 valence electrons. The lowest BCUT2D eigenvalue weighted by Gasteiger charge is -2.04. The van der Waals surface area contributed by atoms with Gasteiger partial charge in [0.1, 0.15) is 10.7 Å². The molecule has 0 spiro atoms. The maximum atomic E-state index is 12.3. The predicted octanol–water partition coefficient (Wildman–Crippen LogP) is 2.58. The molecule has 0 aliphatic carbocycles. The van der Waals surface area contributed by atoms with Gasteiger partial charge < -0.3 is 4.98 Å². The number of rotatable bonds is 6. The number of thioether (sulfide) groups is 1. The van der Waals surface area contributed by atoms with Crippen molar-refractivity contribution in [2.24, 2.45) is 0 Å². The van der Waals surface area contributed by atoms with Crippen LogP contribution in [0.1, 0.15) is 36.0 Å². The minimum Gasteiger partial charge on any atom is -0.309 e. The quantitative estimate of drug-likeness (QED) is 0.655. The summed E-state index contributed by atoms with van der Waals surface area (Å²) >= 11 is 2.92. The van der Waals surface area contributed by atoms with E-state index >= 15 is 0 Å². The Hall–Kier alpha value is -1.87. The van der Waals surface area contributed by atoms with Crippen molar-refractivity contribution in [2.45, 2.75) is 51.1 Å². The van der Waals surface area contributed by atoms with Gasteiger partial charge in [0.05, 0.1) is 11.1 Å². The van der Waals surface area contributed by atoms with Gasteiger partial charge in [0.2, 0.25) is 0 Å². The second-order valence-electron chi connectivity index (χ2n) is 5.58. The van der Waals surface area contributed by atoms with Crippen LogP contribution in [-0.4, -0.2) is 24.7 Å². The van der Waals surface area contributed by atoms with Gasteiger partial charge in [0.25, 0.3) is 5.56 Å². The number of nitrogens with zero attached hydrogens (tertiary/aromatic N) is 3. The number of H-pyrrole nitrogens is 2. The third kappa shape index (κ3) is 3.18. The highest BCUT2D eigenvalue weighted by atomic mass is 32.2. The van der Waals surface area contributed by atoms with E-state index < -0.39 is 0 Å². The summed E-state index contributed by atoms with van der Waals surface area (Å²) in [4.78, 5) is 33.3. The molecule has 0 atom stereocenters. The fraction of sp³-hybridized carbons (Fsp3) is 0.467. The van der Waals surface area contributed by atoms with Crippen LogP contribution in [0.4, 0.5) is 0 Å². The number of aromatic nitrogens is 5. The zero-order valence-corrected chi connectivity index (χ0v) is 15.4. The van der Waals surface area contributed by atoms with Crippen molar-refractivity contribution in [3.63, 3.8) is 0 Å². The lowest BCUT2D eigenvalue weighted by atomic mass is 10.2. The first-order valence-electron chi connectivity index (χ1n) is 7.78. The average Bonchev–Trinajstić information content (AvgIpc) is 3.03. The summed E-state index contributed by atoms with van der Waals surface area (Å²) in [5, 5.41) is 7.83. The fourth-order valence-electron chi connectivity index (χ4n) is 2.43. The van der Waals surface area contributed by atoms with Crippen molar-refractivity contribution in [3.8, 4) is 0 Å². The Morgan fingerprint density at radius 3 is 2.83 bits per heavy atom. The molecular formula is C15H19N5O2S2. The second kappa shape index (κ2) is 6.94. The molecular weight excluding hydrogens is 346 g/mol. The monoisotopic (exact) mass is 365 g/mol. The lowest BCUT2D eigenvalue weighted by Crippen LogP contribution is -2.17. The molecule has 3 aromatic rings. The van der Waals surface area contributed by atoms with Gasteiger partial charge in [-0.1, -0.05) is 25.1 Å². The van der Waals surface area contributed by atoms with Gasteiger partial charge in [-0.15, -0.1) is 16.4 Å². The molecule has 0 fully saturated rings. The number of hydrogen-bond acceptors (Lipinski definition) is 6. The normalized spacial score (nSPS) is 11.5. The first-order valence-corrected chi connectivity index (χ1v) is 9.58. The summed E-state index contributed by atoms with van der Waals surface area (Å²) in [6.45, 7) is 6.65. The van der Waals surface area contributed by atoms with Crippen LogP contribution in [0, 0.1) is 13.8 Å². The van der Waals surface area contributed by atoms with E-state index in [4.69, 9.17) is 0 Å². The molecule has 24 heavy (non-hydrogen) atoms. The van der Waals surface area contributed by atoms with Gasteiger partial charge in [0.15, 0.2) is 5.16 Å². The standard InChI is InChI=1S/C15H19N5O2S2/c1-4-5-6-20-14(22)18-19-15(20)23-7-10-16-12(21)11-8(2)9(3)24-13(11)17-10/h4-7H2,1-3H3,(H,18,22)(H,16,17,21). The summed E-state index contributed by atoms with van der Waals surface area (Å²) in [6.07, 6.45) is 1.92. The first-order chi connectivity index (χ1) is 11.5. The molecule has 3 rings (SSSR count). The second-order valence-corrected chi connectivity index (χ2v) is 7.73. The topological polar surface area (TPSA) is 96.4 Å². The van der Waals surface area contributed by atoms with E-state index in [0.29, 0.717) is 28.7 Å². The largest absolute Gasteiger partial charge is 0.343 e. The summed E-state index contributed by atoms with van der Waals surface area (Å²) in [5.74, 6) is 1.05. The number of nitrogens with one attached hydrogen (secondary N) is 2. The fourth-order valence-corrected chi connectivity index (χ4v) is 4.32. The smallest absolute Gasteiger partial charge is 0.309 e. The van der Waals surface area contributed by atoms with Crippen molar-refractivity contribution in [1.29, 1.82) is 0 Å². The van der Waals surface area contributed by atoms with Crippen molar-refractivity contribution in [2.75, 3.05) is 0 Å². The lowest BCUT2D eigenvalue weighted by molar-refractivity contribution is 0.573. The molecule has 0 saturated heterocycles. The highest BCUT2D eigenvalue weighted by Gasteiger charge is 2.13. The number of aromatic amines is 2. The van der Waals surface area contributed by atoms with Crippen LogP contribution in [0.25, 0.3) is 10.2 Å². The van der Waals surface area contributed by atoms with Crippen LogP contribution in [-0.2, 0) is 12.3 Å². The van der Waals surface area contributed by atoms with Crippen molar-refractivity contribution in [1.82, 2.24) is 24.7 Å². The van der Waals surface area contributed by atoms with Crippen molar-refractivity contribution >= 4 is 33.3 Å². The molecule has 0 aliphatic rings. The molecule has 3 heterocycles. The summed E-state index contributed by atoms with van der Waals surface area (Å²) in [6, 6.07) is 0. The molecule has 0 amide bonds. The molecule has 0 bridgehead atoms. The van der Waals surface area contributed by atoms with E-state index in [1.807, 2.05) is 13.8 Å². The molecule has 2 N–H and O–H groups in total. The molecule has 0 aliphatic heterocycles. The molecule has 9 heteroatoms. The Labute approximate surface area is 146 Å². The Morgan fingerprint density at radius 2 is 2.08 bits per heavy atom. The molecule has 0 radical (unpaired) electrons. The van der Waals surface area contributed by atoms with Crippen LogP contribution in [0.15, 0.2) is 14.7 Å². The van der Waals surface area contributed by atoms with E-state index in [-0.39, 0.29) is 11.2 Å². The van der Waals surface area contributed by atoms with Gasteiger partial charge in [-0.05, 0) is 25.8 Å². The number of fused-ring (bicyclic) bond motifs is 1. The van der Waals surface area contributed by atoms with Crippen LogP contribution >= 0.6 is 23.1 Å². The van der Waals surface area contributed by atoms with E-state index in [9.17, 15) is 9.59 Å². The molecule has 0 unspecified atom stereocenters. The number of hydrogen-bond donors (Lipinski definition) is 2. The molecule has 3 aromatic heterocycles. The van der Waals surface area contributed by atoms with Gasteiger partial charge >= 0.3 is 5.69 Å². The highest BCUT2D eigenvalue weighted by Crippen LogP contribution is 2.26. The zero-order chi connectivity index (χ0) is 17.3. The minimum absolute atomic E-state index is 0.108. The van der Waals surface area contributed by atoms with E-state index in [1.54, 1.807) is 4.57 Å². The Kier molecular flexibility index (Phi) is 4.91. The summed E-state index contributed by atoms with van der Waals surface area (Å²) < 4.78 is 1.63. The first kappa shape index (κ1) is 17.0. The van der Waals surface area contributed by atoms with Gasteiger partial charge in [-0.2, -0.15) is 0 Å². The van der Waals surface area contributed by atoms with Crippen LogP contribution in [0.2, 0.25) is 0 Å². The number of thiophene rings is 1. The molecule has 0 aromatic carbocycles. The summed E-state index contributed by atoms with van der Waals surface area (Å²) in [7, 11) is 0. The number of unbranched alkanes of at least 4 members (excludes halogenated alkanes) is 1. The van der Waals surface area contributed by atoms with Gasteiger partial charge in [0, 0.05) is 11.4 Å².